The molecule has 108 valence electrons. The van der Waals surface area contributed by atoms with E-state index in [0.717, 1.165) is 33.8 Å². The van der Waals surface area contributed by atoms with Gasteiger partial charge in [-0.05, 0) is 18.6 Å². The summed E-state index contributed by atoms with van der Waals surface area (Å²) in [5.74, 6) is 1.12. The van der Waals surface area contributed by atoms with Gasteiger partial charge in [0.25, 0.3) is 0 Å². The highest BCUT2D eigenvalue weighted by molar-refractivity contribution is 9.10. The monoisotopic (exact) mass is 346 g/mol. The van der Waals surface area contributed by atoms with E-state index in [9.17, 15) is 0 Å². The summed E-state index contributed by atoms with van der Waals surface area (Å²) in [4.78, 5) is 8.80. The first-order chi connectivity index (χ1) is 10.2. The minimum Gasteiger partial charge on any atom is -0.339 e. The van der Waals surface area contributed by atoms with Crippen LogP contribution in [0.25, 0.3) is 10.9 Å². The number of fused-ring (bicyclic) bond motifs is 1. The third-order valence-electron chi connectivity index (χ3n) is 3.31. The molecule has 2 aromatic heterocycles. The predicted octanol–water partition coefficient (Wildman–Crippen LogP) is 3.38. The van der Waals surface area contributed by atoms with Crippen LogP contribution in [0, 0.1) is 0 Å². The molecule has 0 spiro atoms. The molecule has 1 atom stereocenters. The van der Waals surface area contributed by atoms with Crippen LogP contribution < -0.4 is 5.73 Å². The first kappa shape index (κ1) is 14.2. The van der Waals surface area contributed by atoms with Gasteiger partial charge in [-0.2, -0.15) is 4.98 Å². The molecule has 1 aromatic carbocycles. The van der Waals surface area contributed by atoms with Crippen LogP contribution in [0.2, 0.25) is 0 Å². The molecular weight excluding hydrogens is 332 g/mol. The van der Waals surface area contributed by atoms with Crippen LogP contribution in [0.5, 0.6) is 0 Å². The molecule has 0 aliphatic carbocycles. The summed E-state index contributed by atoms with van der Waals surface area (Å²) in [5.41, 5.74) is 8.04. The number of aryl methyl sites for hydroxylation is 1. The highest BCUT2D eigenvalue weighted by Gasteiger charge is 2.19. The van der Waals surface area contributed by atoms with Crippen molar-refractivity contribution < 1.29 is 4.52 Å². The van der Waals surface area contributed by atoms with Crippen LogP contribution in [0.4, 0.5) is 0 Å². The lowest BCUT2D eigenvalue weighted by Gasteiger charge is -2.11. The lowest BCUT2D eigenvalue weighted by atomic mass is 10.0. The minimum absolute atomic E-state index is 0.454. The van der Waals surface area contributed by atoms with Gasteiger partial charge >= 0.3 is 0 Å². The summed E-state index contributed by atoms with van der Waals surface area (Å²) < 4.78 is 6.20. The highest BCUT2D eigenvalue weighted by Crippen LogP contribution is 2.29. The molecule has 0 bridgehead atoms. The third-order valence-corrected chi connectivity index (χ3v) is 4.00. The Balaban J connectivity index is 2.04. The largest absolute Gasteiger partial charge is 0.339 e. The second-order valence-electron chi connectivity index (χ2n) is 4.81. The van der Waals surface area contributed by atoms with Crippen LogP contribution in [-0.2, 0) is 6.42 Å². The van der Waals surface area contributed by atoms with E-state index in [0.29, 0.717) is 11.7 Å². The summed E-state index contributed by atoms with van der Waals surface area (Å²) in [6.45, 7) is 2.07. The SMILES string of the molecule is CCCc1nc(C(N)c2ccc(Br)c3cccnc23)no1. The minimum atomic E-state index is -0.454. The summed E-state index contributed by atoms with van der Waals surface area (Å²) >= 11 is 3.53. The number of nitrogens with zero attached hydrogens (tertiary/aromatic N) is 3. The average molecular weight is 347 g/mol. The fourth-order valence-corrected chi connectivity index (χ4v) is 2.71. The van der Waals surface area contributed by atoms with Crippen LogP contribution in [0.3, 0.4) is 0 Å². The molecule has 0 saturated carbocycles. The zero-order valence-electron chi connectivity index (χ0n) is 11.6. The van der Waals surface area contributed by atoms with Crippen LogP contribution in [0.1, 0.15) is 36.7 Å². The van der Waals surface area contributed by atoms with Crippen molar-refractivity contribution >= 4 is 26.8 Å². The average Bonchev–Trinajstić information content (AvgIpc) is 2.96. The zero-order chi connectivity index (χ0) is 14.8. The van der Waals surface area contributed by atoms with Crippen LogP contribution >= 0.6 is 15.9 Å². The van der Waals surface area contributed by atoms with E-state index in [2.05, 4.69) is 38.0 Å². The van der Waals surface area contributed by atoms with E-state index >= 15 is 0 Å². The number of hydrogen-bond donors (Lipinski definition) is 1. The zero-order valence-corrected chi connectivity index (χ0v) is 13.2. The Bertz CT molecular complexity index is 771. The molecule has 3 aromatic rings. The van der Waals surface area contributed by atoms with Gasteiger partial charge in [-0.3, -0.25) is 4.98 Å². The van der Waals surface area contributed by atoms with Crippen molar-refractivity contribution in [2.75, 3.05) is 0 Å². The molecular formula is C15H15BrN4O. The van der Waals surface area contributed by atoms with Gasteiger partial charge in [0.1, 0.15) is 0 Å². The van der Waals surface area contributed by atoms with Crippen LogP contribution in [0.15, 0.2) is 39.5 Å². The predicted molar refractivity (Wildman–Crippen MR) is 83.8 cm³/mol. The Morgan fingerprint density at radius 2 is 2.19 bits per heavy atom. The first-order valence-corrected chi connectivity index (χ1v) is 7.61. The fraction of sp³-hybridized carbons (Fsp3) is 0.267. The maximum absolute atomic E-state index is 6.30. The van der Waals surface area contributed by atoms with Crippen molar-refractivity contribution in [2.24, 2.45) is 5.73 Å². The molecule has 0 radical (unpaired) electrons. The number of nitrogens with two attached hydrogens (primary N) is 1. The summed E-state index contributed by atoms with van der Waals surface area (Å²) in [6, 6.07) is 7.36. The fourth-order valence-electron chi connectivity index (χ4n) is 2.26. The van der Waals surface area contributed by atoms with Crippen molar-refractivity contribution in [3.05, 3.63) is 52.2 Å². The maximum atomic E-state index is 6.30. The second kappa shape index (κ2) is 5.91. The Morgan fingerprint density at radius 1 is 1.33 bits per heavy atom. The Morgan fingerprint density at radius 3 is 3.00 bits per heavy atom. The van der Waals surface area contributed by atoms with Gasteiger partial charge in [-0.15, -0.1) is 0 Å². The number of aromatic nitrogens is 3. The van der Waals surface area contributed by atoms with E-state index in [1.165, 1.54) is 0 Å². The molecule has 2 N–H and O–H groups in total. The second-order valence-corrected chi connectivity index (χ2v) is 5.66. The summed E-state index contributed by atoms with van der Waals surface area (Å²) in [5, 5.41) is 5.01. The molecule has 5 nitrogen and oxygen atoms in total. The van der Waals surface area contributed by atoms with Gasteiger partial charge in [0.2, 0.25) is 5.89 Å². The molecule has 3 rings (SSSR count). The lowest BCUT2D eigenvalue weighted by Crippen LogP contribution is -2.14. The number of halogens is 1. The van der Waals surface area contributed by atoms with E-state index < -0.39 is 6.04 Å². The van der Waals surface area contributed by atoms with E-state index in [-0.39, 0.29) is 0 Å². The molecule has 1 unspecified atom stereocenters. The summed E-state index contributed by atoms with van der Waals surface area (Å²) in [6.07, 6.45) is 3.47. The number of rotatable bonds is 4. The van der Waals surface area contributed by atoms with Gasteiger partial charge in [0, 0.05) is 28.0 Å². The normalized spacial score (nSPS) is 12.7. The topological polar surface area (TPSA) is 77.8 Å². The Hall–Kier alpha value is -1.79. The first-order valence-electron chi connectivity index (χ1n) is 6.82. The molecule has 21 heavy (non-hydrogen) atoms. The van der Waals surface area contributed by atoms with E-state index in [1.54, 1.807) is 6.20 Å². The van der Waals surface area contributed by atoms with Crippen molar-refractivity contribution in [2.45, 2.75) is 25.8 Å². The third kappa shape index (κ3) is 2.69. The number of pyridine rings is 1. The Kier molecular flexibility index (Phi) is 3.98. The van der Waals surface area contributed by atoms with Gasteiger partial charge < -0.3 is 10.3 Å². The van der Waals surface area contributed by atoms with E-state index in [1.807, 2.05) is 24.3 Å². The van der Waals surface area contributed by atoms with Gasteiger partial charge in [-0.25, -0.2) is 0 Å². The number of benzene rings is 1. The molecule has 0 aliphatic rings. The highest BCUT2D eigenvalue weighted by atomic mass is 79.9. The Labute approximate surface area is 130 Å². The van der Waals surface area contributed by atoms with Crippen molar-refractivity contribution in [3.63, 3.8) is 0 Å². The maximum Gasteiger partial charge on any atom is 0.226 e. The molecule has 0 saturated heterocycles. The van der Waals surface area contributed by atoms with Crippen molar-refractivity contribution in [1.82, 2.24) is 15.1 Å². The molecule has 0 fully saturated rings. The standard InChI is InChI=1S/C15H15BrN4O/c1-2-4-12-19-15(20-21-12)13(17)10-6-7-11(16)9-5-3-8-18-14(9)10/h3,5-8,13H,2,4,17H2,1H3. The van der Waals surface area contributed by atoms with E-state index in [4.69, 9.17) is 10.3 Å². The quantitative estimate of drug-likeness (QED) is 0.783. The van der Waals surface area contributed by atoms with Gasteiger partial charge in [-0.1, -0.05) is 40.1 Å². The molecule has 2 heterocycles. The smallest absolute Gasteiger partial charge is 0.226 e. The lowest BCUT2D eigenvalue weighted by molar-refractivity contribution is 0.370. The number of hydrogen-bond acceptors (Lipinski definition) is 5. The molecule has 0 amide bonds. The molecule has 0 aliphatic heterocycles. The van der Waals surface area contributed by atoms with Gasteiger partial charge in [0.05, 0.1) is 11.6 Å². The van der Waals surface area contributed by atoms with Gasteiger partial charge in [0.15, 0.2) is 5.82 Å². The van der Waals surface area contributed by atoms with Crippen molar-refractivity contribution in [3.8, 4) is 0 Å². The van der Waals surface area contributed by atoms with Crippen LogP contribution in [-0.4, -0.2) is 15.1 Å². The summed E-state index contributed by atoms with van der Waals surface area (Å²) in [7, 11) is 0. The van der Waals surface area contributed by atoms with Crippen molar-refractivity contribution in [1.29, 1.82) is 0 Å². The molecule has 6 heteroatoms.